The molecule has 6 rings (SSSR count). The zero-order chi connectivity index (χ0) is 44.0. The molecule has 5 nitrogen and oxygen atoms in total. The zero-order valence-corrected chi connectivity index (χ0v) is 33.0. The van der Waals surface area contributed by atoms with Crippen molar-refractivity contribution in [2.75, 3.05) is 0 Å². The summed E-state index contributed by atoms with van der Waals surface area (Å²) >= 11 is 0. The molecular formula is C53H43F3O5. The average molecular weight is 817 g/mol. The first-order valence-corrected chi connectivity index (χ1v) is 18.8. The van der Waals surface area contributed by atoms with E-state index in [0.29, 0.717) is 0 Å². The lowest BCUT2D eigenvalue weighted by molar-refractivity contribution is -0.192. The second-order valence-corrected chi connectivity index (χ2v) is 12.5. The van der Waals surface area contributed by atoms with Crippen LogP contribution in [0.2, 0.25) is 0 Å². The molecule has 8 heteroatoms. The molecule has 0 bridgehead atoms. The van der Waals surface area contributed by atoms with Crippen molar-refractivity contribution in [3.8, 4) is 0 Å². The first-order valence-electron chi connectivity index (χ1n) is 18.8. The Morgan fingerprint density at radius 3 is 0.557 bits per heavy atom. The molecule has 0 radical (unpaired) electrons. The van der Waals surface area contributed by atoms with E-state index in [2.05, 4.69) is 0 Å². The third kappa shape index (κ3) is 22.5. The molecule has 0 saturated carbocycles. The Hall–Kier alpha value is -7.97. The highest BCUT2D eigenvalue weighted by Gasteiger charge is 2.38. The van der Waals surface area contributed by atoms with Crippen LogP contribution < -0.4 is 0 Å². The highest BCUT2D eigenvalue weighted by molar-refractivity contribution is 6.05. The quantitative estimate of drug-likeness (QED) is 0.124. The largest absolute Gasteiger partial charge is 0.490 e. The van der Waals surface area contributed by atoms with Crippen molar-refractivity contribution in [3.63, 3.8) is 0 Å². The summed E-state index contributed by atoms with van der Waals surface area (Å²) < 4.78 is 31.7. The predicted molar refractivity (Wildman–Crippen MR) is 242 cm³/mol. The number of carbonyl (C=O) groups excluding carboxylic acids is 3. The molecule has 0 amide bonds. The predicted octanol–water partition coefficient (Wildman–Crippen LogP) is 12.6. The Bertz CT molecular complexity index is 1980. The summed E-state index contributed by atoms with van der Waals surface area (Å²) in [4.78, 5) is 43.7. The molecule has 0 saturated heterocycles. The number of carboxylic acids is 1. The number of carboxylic acid groups (broad SMARTS) is 1. The van der Waals surface area contributed by atoms with Crippen LogP contribution in [-0.2, 0) is 19.2 Å². The van der Waals surface area contributed by atoms with Gasteiger partial charge in [-0.25, -0.2) is 4.79 Å². The molecule has 0 aliphatic heterocycles. The summed E-state index contributed by atoms with van der Waals surface area (Å²) in [5.41, 5.74) is 6.16. The monoisotopic (exact) mass is 816 g/mol. The standard InChI is InChI=1S/3C17H14O.C2HF3O2/c3*18-17(13-11-15-7-3-1-4-8-15)14-12-16-9-5-2-6-10-16;3-2(4,5)1(6)7/h3*1-14H;(H,6,7). The van der Waals surface area contributed by atoms with E-state index in [1.165, 1.54) is 0 Å². The zero-order valence-electron chi connectivity index (χ0n) is 33.0. The van der Waals surface area contributed by atoms with E-state index in [1.54, 1.807) is 36.5 Å². The summed E-state index contributed by atoms with van der Waals surface area (Å²) in [5, 5.41) is 7.12. The van der Waals surface area contributed by atoms with Crippen molar-refractivity contribution < 1.29 is 37.5 Å². The summed E-state index contributed by atoms with van der Waals surface area (Å²) in [6.45, 7) is 0. The van der Waals surface area contributed by atoms with Crippen LogP contribution in [0.3, 0.4) is 0 Å². The Kier molecular flexibility index (Phi) is 21.5. The van der Waals surface area contributed by atoms with Gasteiger partial charge in [-0.1, -0.05) is 218 Å². The smallest absolute Gasteiger partial charge is 0.475 e. The second-order valence-electron chi connectivity index (χ2n) is 12.5. The van der Waals surface area contributed by atoms with Crippen molar-refractivity contribution >= 4 is 59.8 Å². The van der Waals surface area contributed by atoms with Crippen LogP contribution in [0.1, 0.15) is 33.4 Å². The van der Waals surface area contributed by atoms with Crippen LogP contribution in [0.15, 0.2) is 218 Å². The number of ketones is 3. The summed E-state index contributed by atoms with van der Waals surface area (Å²) in [6.07, 6.45) is 15.3. The molecule has 1 N–H and O–H groups in total. The molecule has 0 heterocycles. The third-order valence-corrected chi connectivity index (χ3v) is 7.68. The van der Waals surface area contributed by atoms with E-state index in [1.807, 2.05) is 218 Å². The van der Waals surface area contributed by atoms with Gasteiger partial charge in [-0.3, -0.25) is 14.4 Å². The second kappa shape index (κ2) is 27.6. The molecule has 61 heavy (non-hydrogen) atoms. The topological polar surface area (TPSA) is 88.5 Å². The van der Waals surface area contributed by atoms with Crippen LogP contribution in [0.4, 0.5) is 13.2 Å². The summed E-state index contributed by atoms with van der Waals surface area (Å²) in [5.74, 6) is -2.79. The number of rotatable bonds is 12. The van der Waals surface area contributed by atoms with Gasteiger partial charge in [0.25, 0.3) is 0 Å². The van der Waals surface area contributed by atoms with E-state index in [9.17, 15) is 27.6 Å². The summed E-state index contributed by atoms with van der Waals surface area (Å²) in [6, 6.07) is 58.7. The molecule has 6 aromatic carbocycles. The van der Waals surface area contributed by atoms with Gasteiger partial charge in [0.15, 0.2) is 17.3 Å². The Balaban J connectivity index is 0.000000226. The fraction of sp³-hybridized carbons (Fsp3) is 0.0189. The Labute approximate surface area is 354 Å². The maximum Gasteiger partial charge on any atom is 0.490 e. The van der Waals surface area contributed by atoms with Crippen LogP contribution in [0.25, 0.3) is 36.5 Å². The van der Waals surface area contributed by atoms with Crippen LogP contribution in [0.5, 0.6) is 0 Å². The van der Waals surface area contributed by atoms with Crippen molar-refractivity contribution in [2.24, 2.45) is 0 Å². The first-order chi connectivity index (χ1) is 29.5. The number of alkyl halides is 3. The average Bonchev–Trinajstić information content (AvgIpc) is 3.30. The molecule has 0 aliphatic rings. The Morgan fingerprint density at radius 2 is 0.443 bits per heavy atom. The van der Waals surface area contributed by atoms with Crippen molar-refractivity contribution in [1.29, 1.82) is 0 Å². The van der Waals surface area contributed by atoms with Crippen molar-refractivity contribution in [3.05, 3.63) is 252 Å². The number of aliphatic carboxylic acids is 1. The van der Waals surface area contributed by atoms with Crippen LogP contribution >= 0.6 is 0 Å². The molecule has 0 fully saturated rings. The van der Waals surface area contributed by atoms with Gasteiger partial charge in [0.2, 0.25) is 0 Å². The maximum absolute atomic E-state index is 11.6. The van der Waals surface area contributed by atoms with Gasteiger partial charge in [0.1, 0.15) is 0 Å². The molecule has 0 aromatic heterocycles. The van der Waals surface area contributed by atoms with Gasteiger partial charge in [-0.2, -0.15) is 13.2 Å². The fourth-order valence-corrected chi connectivity index (χ4v) is 4.62. The minimum Gasteiger partial charge on any atom is -0.475 e. The minimum absolute atomic E-state index is 0.0114. The van der Waals surface area contributed by atoms with E-state index in [0.717, 1.165) is 33.4 Å². The van der Waals surface area contributed by atoms with E-state index < -0.39 is 12.1 Å². The lowest BCUT2D eigenvalue weighted by atomic mass is 10.1. The number of hydrogen-bond acceptors (Lipinski definition) is 4. The van der Waals surface area contributed by atoms with Crippen LogP contribution in [0, 0.1) is 0 Å². The molecule has 0 aliphatic carbocycles. The normalized spacial score (nSPS) is 11.1. The Morgan fingerprint density at radius 1 is 0.311 bits per heavy atom. The molecule has 0 atom stereocenters. The molecule has 6 aromatic rings. The van der Waals surface area contributed by atoms with Crippen molar-refractivity contribution in [1.82, 2.24) is 0 Å². The molecular weight excluding hydrogens is 774 g/mol. The van der Waals surface area contributed by atoms with Crippen molar-refractivity contribution in [2.45, 2.75) is 6.18 Å². The number of carbonyl (C=O) groups is 4. The number of halogens is 3. The van der Waals surface area contributed by atoms with E-state index in [4.69, 9.17) is 9.90 Å². The van der Waals surface area contributed by atoms with Crippen LogP contribution in [-0.4, -0.2) is 34.6 Å². The maximum atomic E-state index is 11.6. The first kappa shape index (κ1) is 47.4. The highest BCUT2D eigenvalue weighted by Crippen LogP contribution is 2.13. The molecule has 0 unspecified atom stereocenters. The van der Waals surface area contributed by atoms with E-state index >= 15 is 0 Å². The lowest BCUT2D eigenvalue weighted by Crippen LogP contribution is -2.21. The fourth-order valence-electron chi connectivity index (χ4n) is 4.62. The van der Waals surface area contributed by atoms with Gasteiger partial charge in [-0.05, 0) is 69.8 Å². The highest BCUT2D eigenvalue weighted by atomic mass is 19.4. The number of benzene rings is 6. The summed E-state index contributed by atoms with van der Waals surface area (Å²) in [7, 11) is 0. The minimum atomic E-state index is -5.08. The molecule has 0 spiro atoms. The van der Waals surface area contributed by atoms with Gasteiger partial charge >= 0.3 is 12.1 Å². The SMILES string of the molecule is O=C(C=Cc1ccccc1)C=Cc1ccccc1.O=C(C=Cc1ccccc1)C=Cc1ccccc1.O=C(C=Cc1ccccc1)C=Cc1ccccc1.O=C(O)C(F)(F)F. The van der Waals surface area contributed by atoms with E-state index in [-0.39, 0.29) is 17.3 Å². The van der Waals surface area contributed by atoms with Gasteiger partial charge in [0, 0.05) is 0 Å². The van der Waals surface area contributed by atoms with Gasteiger partial charge < -0.3 is 5.11 Å². The van der Waals surface area contributed by atoms with Gasteiger partial charge in [0.05, 0.1) is 0 Å². The number of allylic oxidation sites excluding steroid dienone is 6. The van der Waals surface area contributed by atoms with Gasteiger partial charge in [-0.15, -0.1) is 0 Å². The lowest BCUT2D eigenvalue weighted by Gasteiger charge is -1.93. The third-order valence-electron chi connectivity index (χ3n) is 7.68. The molecule has 306 valence electrons. The number of hydrogen-bond donors (Lipinski definition) is 1.